The molecule has 4 rings (SSSR count). The molecule has 1 aliphatic heterocycles. The summed E-state index contributed by atoms with van der Waals surface area (Å²) in [5, 5.41) is 7.32. The van der Waals surface area contributed by atoms with E-state index in [1.165, 1.54) is 11.8 Å². The maximum Gasteiger partial charge on any atom is 0.252 e. The van der Waals surface area contributed by atoms with Gasteiger partial charge in [-0.05, 0) is 37.1 Å². The molecule has 0 spiro atoms. The standard InChI is InChI=1S/C23H24N4O2S/c28-22(26-12-6-7-13-26)17-30-21-11-5-4-10-20(21)23(29)24-14-18-15-25-27(16-18)19-8-2-1-3-9-19/h1-5,8-11,15-16H,6-7,12-14,17H2,(H,24,29). The van der Waals surface area contributed by atoms with Gasteiger partial charge in [0.15, 0.2) is 0 Å². The molecule has 2 aromatic carbocycles. The number of amides is 2. The van der Waals surface area contributed by atoms with Crippen LogP contribution in [0.3, 0.4) is 0 Å². The smallest absolute Gasteiger partial charge is 0.252 e. The Morgan fingerprint density at radius 2 is 1.73 bits per heavy atom. The fourth-order valence-corrected chi connectivity index (χ4v) is 4.38. The van der Waals surface area contributed by atoms with Gasteiger partial charge in [-0.2, -0.15) is 5.10 Å². The van der Waals surface area contributed by atoms with Crippen molar-refractivity contribution >= 4 is 23.6 Å². The van der Waals surface area contributed by atoms with Gasteiger partial charge in [-0.25, -0.2) is 4.68 Å². The Hall–Kier alpha value is -3.06. The topological polar surface area (TPSA) is 67.2 Å². The number of thioether (sulfide) groups is 1. The predicted octanol–water partition coefficient (Wildman–Crippen LogP) is 3.52. The highest BCUT2D eigenvalue weighted by Crippen LogP contribution is 2.24. The Labute approximate surface area is 180 Å². The van der Waals surface area contributed by atoms with E-state index in [4.69, 9.17) is 0 Å². The Bertz CT molecular complexity index is 1010. The van der Waals surface area contributed by atoms with Gasteiger partial charge in [0.05, 0.1) is 23.2 Å². The lowest BCUT2D eigenvalue weighted by Gasteiger charge is -2.15. The summed E-state index contributed by atoms with van der Waals surface area (Å²) in [6.45, 7) is 2.08. The number of nitrogens with zero attached hydrogens (tertiary/aromatic N) is 3. The van der Waals surface area contributed by atoms with E-state index in [-0.39, 0.29) is 11.8 Å². The van der Waals surface area contributed by atoms with E-state index < -0.39 is 0 Å². The van der Waals surface area contributed by atoms with Gasteiger partial charge in [0, 0.05) is 36.3 Å². The van der Waals surface area contributed by atoms with Crippen molar-refractivity contribution in [3.8, 4) is 5.69 Å². The van der Waals surface area contributed by atoms with Crippen LogP contribution in [0.15, 0.2) is 71.9 Å². The zero-order valence-corrected chi connectivity index (χ0v) is 17.5. The molecule has 2 amide bonds. The molecule has 3 aromatic rings. The van der Waals surface area contributed by atoms with Crippen LogP contribution in [-0.2, 0) is 11.3 Å². The normalized spacial score (nSPS) is 13.4. The Morgan fingerprint density at radius 1 is 1.00 bits per heavy atom. The fraction of sp³-hybridized carbons (Fsp3) is 0.261. The number of rotatable bonds is 7. The molecule has 6 nitrogen and oxygen atoms in total. The quantitative estimate of drug-likeness (QED) is 0.594. The summed E-state index contributed by atoms with van der Waals surface area (Å²) < 4.78 is 1.79. The lowest BCUT2D eigenvalue weighted by molar-refractivity contribution is -0.127. The molecule has 1 aliphatic rings. The summed E-state index contributed by atoms with van der Waals surface area (Å²) >= 11 is 1.42. The molecule has 0 radical (unpaired) electrons. The third-order valence-corrected chi connectivity index (χ3v) is 6.11. The van der Waals surface area contributed by atoms with Gasteiger partial charge in [0.1, 0.15) is 0 Å². The van der Waals surface area contributed by atoms with Crippen molar-refractivity contribution in [2.75, 3.05) is 18.8 Å². The lowest BCUT2D eigenvalue weighted by atomic mass is 10.2. The van der Waals surface area contributed by atoms with Crippen LogP contribution in [0.1, 0.15) is 28.8 Å². The molecule has 2 heterocycles. The second-order valence-corrected chi connectivity index (χ2v) is 8.20. The minimum absolute atomic E-state index is 0.140. The van der Waals surface area contributed by atoms with Crippen LogP contribution < -0.4 is 5.32 Å². The van der Waals surface area contributed by atoms with Crippen molar-refractivity contribution in [1.29, 1.82) is 0 Å². The summed E-state index contributed by atoms with van der Waals surface area (Å²) in [5.74, 6) is 0.342. The zero-order chi connectivity index (χ0) is 20.8. The Morgan fingerprint density at radius 3 is 2.53 bits per heavy atom. The van der Waals surface area contributed by atoms with Crippen molar-refractivity contribution in [1.82, 2.24) is 20.0 Å². The summed E-state index contributed by atoms with van der Waals surface area (Å²) in [5.41, 5.74) is 2.48. The van der Waals surface area contributed by atoms with E-state index in [0.29, 0.717) is 17.9 Å². The summed E-state index contributed by atoms with van der Waals surface area (Å²) in [7, 11) is 0. The molecule has 1 N–H and O–H groups in total. The van der Waals surface area contributed by atoms with E-state index in [1.807, 2.05) is 59.6 Å². The molecular formula is C23H24N4O2S. The number of para-hydroxylation sites is 1. The second kappa shape index (κ2) is 9.63. The van der Waals surface area contributed by atoms with Crippen LogP contribution in [0, 0.1) is 0 Å². The van der Waals surface area contributed by atoms with E-state index in [2.05, 4.69) is 10.4 Å². The maximum atomic E-state index is 12.8. The molecule has 1 saturated heterocycles. The summed E-state index contributed by atoms with van der Waals surface area (Å²) in [6.07, 6.45) is 5.82. The largest absolute Gasteiger partial charge is 0.348 e. The average molecular weight is 421 g/mol. The minimum Gasteiger partial charge on any atom is -0.348 e. The van der Waals surface area contributed by atoms with Gasteiger partial charge < -0.3 is 10.2 Å². The first-order chi connectivity index (χ1) is 14.7. The van der Waals surface area contributed by atoms with Gasteiger partial charge >= 0.3 is 0 Å². The number of aromatic nitrogens is 2. The van der Waals surface area contributed by atoms with Crippen molar-refractivity contribution in [2.24, 2.45) is 0 Å². The highest BCUT2D eigenvalue weighted by molar-refractivity contribution is 8.00. The molecule has 1 fully saturated rings. The second-order valence-electron chi connectivity index (χ2n) is 7.18. The summed E-state index contributed by atoms with van der Waals surface area (Å²) in [6, 6.07) is 17.3. The van der Waals surface area contributed by atoms with Gasteiger partial charge in [-0.15, -0.1) is 11.8 Å². The van der Waals surface area contributed by atoms with Crippen LogP contribution in [0.5, 0.6) is 0 Å². The van der Waals surface area contributed by atoms with Crippen LogP contribution in [0.25, 0.3) is 5.69 Å². The van der Waals surface area contributed by atoms with Gasteiger partial charge in [-0.3, -0.25) is 9.59 Å². The maximum absolute atomic E-state index is 12.8. The van der Waals surface area contributed by atoms with Crippen LogP contribution in [0.2, 0.25) is 0 Å². The molecular weight excluding hydrogens is 396 g/mol. The molecule has 154 valence electrons. The fourth-order valence-electron chi connectivity index (χ4n) is 3.43. The number of hydrogen-bond acceptors (Lipinski definition) is 4. The van der Waals surface area contributed by atoms with E-state index in [1.54, 1.807) is 16.9 Å². The van der Waals surface area contributed by atoms with Crippen LogP contribution >= 0.6 is 11.8 Å². The number of carbonyl (C=O) groups is 2. The number of hydrogen-bond donors (Lipinski definition) is 1. The highest BCUT2D eigenvalue weighted by atomic mass is 32.2. The molecule has 0 bridgehead atoms. The van der Waals surface area contributed by atoms with Gasteiger partial charge in [0.2, 0.25) is 5.91 Å². The first-order valence-corrected chi connectivity index (χ1v) is 11.1. The van der Waals surface area contributed by atoms with Crippen molar-refractivity contribution in [2.45, 2.75) is 24.3 Å². The first kappa shape index (κ1) is 20.2. The first-order valence-electron chi connectivity index (χ1n) is 10.1. The number of nitrogens with one attached hydrogen (secondary N) is 1. The monoisotopic (exact) mass is 420 g/mol. The van der Waals surface area contributed by atoms with Crippen LogP contribution in [-0.4, -0.2) is 45.3 Å². The minimum atomic E-state index is -0.154. The third-order valence-electron chi connectivity index (χ3n) is 5.05. The van der Waals surface area contributed by atoms with Crippen molar-refractivity contribution < 1.29 is 9.59 Å². The molecule has 0 unspecified atom stereocenters. The molecule has 0 saturated carbocycles. The number of carbonyl (C=O) groups excluding carboxylic acids is 2. The SMILES string of the molecule is O=C(NCc1cnn(-c2ccccc2)c1)c1ccccc1SCC(=O)N1CCCC1. The van der Waals surface area contributed by atoms with Crippen molar-refractivity contribution in [3.63, 3.8) is 0 Å². The predicted molar refractivity (Wildman–Crippen MR) is 118 cm³/mol. The molecule has 1 aromatic heterocycles. The third kappa shape index (κ3) is 4.91. The molecule has 30 heavy (non-hydrogen) atoms. The summed E-state index contributed by atoms with van der Waals surface area (Å²) in [4.78, 5) is 27.8. The van der Waals surface area contributed by atoms with E-state index in [0.717, 1.165) is 42.1 Å². The lowest BCUT2D eigenvalue weighted by Crippen LogP contribution is -2.29. The van der Waals surface area contributed by atoms with Gasteiger partial charge in [-0.1, -0.05) is 30.3 Å². The van der Waals surface area contributed by atoms with Crippen LogP contribution in [0.4, 0.5) is 0 Å². The van der Waals surface area contributed by atoms with E-state index >= 15 is 0 Å². The zero-order valence-electron chi connectivity index (χ0n) is 16.7. The number of benzene rings is 2. The van der Waals surface area contributed by atoms with E-state index in [9.17, 15) is 9.59 Å². The molecule has 0 atom stereocenters. The highest BCUT2D eigenvalue weighted by Gasteiger charge is 2.19. The Balaban J connectivity index is 1.36. The molecule has 7 heteroatoms. The van der Waals surface area contributed by atoms with Gasteiger partial charge in [0.25, 0.3) is 5.91 Å². The average Bonchev–Trinajstić information content (AvgIpc) is 3.49. The van der Waals surface area contributed by atoms with Crippen molar-refractivity contribution in [3.05, 3.63) is 78.1 Å². The number of likely N-dealkylation sites (tertiary alicyclic amines) is 1. The molecule has 0 aliphatic carbocycles. The Kier molecular flexibility index (Phi) is 6.49.